The summed E-state index contributed by atoms with van der Waals surface area (Å²) in [5.74, 6) is -0.376. The number of non-ortho nitro benzene ring substituents is 1. The van der Waals surface area contributed by atoms with E-state index in [-0.39, 0.29) is 17.3 Å². The van der Waals surface area contributed by atoms with Crippen LogP contribution in [-0.2, 0) is 11.8 Å². The van der Waals surface area contributed by atoms with E-state index < -0.39 is 10.7 Å². The summed E-state index contributed by atoms with van der Waals surface area (Å²) in [6.07, 6.45) is 0. The number of carbonyl (C=O) groups is 1. The zero-order chi connectivity index (χ0) is 20.3. The average Bonchev–Trinajstić information content (AvgIpc) is 3.02. The Morgan fingerprint density at radius 3 is 2.75 bits per heavy atom. The van der Waals surface area contributed by atoms with Crippen LogP contribution in [-0.4, -0.2) is 31.3 Å². The Bertz CT molecular complexity index is 1050. The van der Waals surface area contributed by atoms with Gasteiger partial charge in [0.2, 0.25) is 5.91 Å². The van der Waals surface area contributed by atoms with Crippen LogP contribution in [0.5, 0.6) is 0 Å². The van der Waals surface area contributed by atoms with Crippen molar-refractivity contribution in [1.82, 2.24) is 14.8 Å². The zero-order valence-corrected chi connectivity index (χ0v) is 15.9. The van der Waals surface area contributed by atoms with Crippen molar-refractivity contribution in [3.05, 3.63) is 64.0 Å². The van der Waals surface area contributed by atoms with Gasteiger partial charge in [-0.3, -0.25) is 14.9 Å². The Balaban J connectivity index is 1.68. The molecule has 0 bridgehead atoms. The van der Waals surface area contributed by atoms with E-state index in [4.69, 9.17) is 0 Å². The fourth-order valence-corrected chi connectivity index (χ4v) is 3.20. The number of rotatable bonds is 6. The largest absolute Gasteiger partial charge is 0.325 e. The van der Waals surface area contributed by atoms with E-state index in [2.05, 4.69) is 15.5 Å². The molecule has 1 N–H and O–H groups in total. The van der Waals surface area contributed by atoms with Gasteiger partial charge >= 0.3 is 0 Å². The summed E-state index contributed by atoms with van der Waals surface area (Å²) in [6, 6.07) is 10.5. The molecule has 3 rings (SSSR count). The number of halogens is 1. The maximum absolute atomic E-state index is 13.9. The van der Waals surface area contributed by atoms with E-state index in [1.165, 1.54) is 18.2 Å². The second kappa shape index (κ2) is 8.17. The standard InChI is InChI=1S/C18H16FN5O3S/c1-11-7-8-12(24(26)27)9-15(11)20-16(25)10-28-18-22-21-17(23(18)2)13-5-3-4-6-14(13)19/h3-9H,10H2,1-2H3,(H,20,25). The van der Waals surface area contributed by atoms with Crippen LogP contribution in [0.3, 0.4) is 0 Å². The monoisotopic (exact) mass is 401 g/mol. The van der Waals surface area contributed by atoms with Crippen LogP contribution in [0.25, 0.3) is 11.4 Å². The van der Waals surface area contributed by atoms with Gasteiger partial charge < -0.3 is 9.88 Å². The number of nitrogens with one attached hydrogen (secondary N) is 1. The highest BCUT2D eigenvalue weighted by atomic mass is 32.2. The molecule has 2 aromatic carbocycles. The van der Waals surface area contributed by atoms with E-state index in [0.29, 0.717) is 27.8 Å². The molecule has 1 amide bonds. The van der Waals surface area contributed by atoms with Crippen LogP contribution in [0.2, 0.25) is 0 Å². The van der Waals surface area contributed by atoms with Crippen LogP contribution in [0.15, 0.2) is 47.6 Å². The van der Waals surface area contributed by atoms with Crippen LogP contribution < -0.4 is 5.32 Å². The minimum Gasteiger partial charge on any atom is -0.325 e. The number of aromatic nitrogens is 3. The molecule has 0 aliphatic rings. The van der Waals surface area contributed by atoms with E-state index >= 15 is 0 Å². The van der Waals surface area contributed by atoms with Crippen molar-refractivity contribution < 1.29 is 14.1 Å². The van der Waals surface area contributed by atoms with Crippen LogP contribution in [0.4, 0.5) is 15.8 Å². The number of aryl methyl sites for hydroxylation is 1. The normalized spacial score (nSPS) is 10.7. The Labute approximate surface area is 163 Å². The third-order valence-electron chi connectivity index (χ3n) is 3.99. The molecule has 8 nitrogen and oxygen atoms in total. The van der Waals surface area contributed by atoms with E-state index in [1.54, 1.807) is 42.8 Å². The molecule has 0 aliphatic carbocycles. The highest BCUT2D eigenvalue weighted by Gasteiger charge is 2.16. The number of hydrogen-bond acceptors (Lipinski definition) is 6. The lowest BCUT2D eigenvalue weighted by molar-refractivity contribution is -0.384. The smallest absolute Gasteiger partial charge is 0.271 e. The first kappa shape index (κ1) is 19.5. The Kier molecular flexibility index (Phi) is 5.69. The summed E-state index contributed by atoms with van der Waals surface area (Å²) < 4.78 is 15.6. The molecule has 28 heavy (non-hydrogen) atoms. The molecule has 0 saturated carbocycles. The van der Waals surface area contributed by atoms with Crippen molar-refractivity contribution in [2.45, 2.75) is 12.1 Å². The summed E-state index contributed by atoms with van der Waals surface area (Å²) in [4.78, 5) is 22.6. The lowest BCUT2D eigenvalue weighted by Gasteiger charge is -2.08. The van der Waals surface area contributed by atoms with Gasteiger partial charge in [-0.25, -0.2) is 4.39 Å². The number of anilines is 1. The summed E-state index contributed by atoms with van der Waals surface area (Å²) in [5, 5.41) is 22.0. The third-order valence-corrected chi connectivity index (χ3v) is 5.01. The van der Waals surface area contributed by atoms with Gasteiger partial charge in [-0.1, -0.05) is 30.0 Å². The van der Waals surface area contributed by atoms with Gasteiger partial charge in [0.25, 0.3) is 5.69 Å². The molecule has 0 atom stereocenters. The lowest BCUT2D eigenvalue weighted by Crippen LogP contribution is -2.15. The van der Waals surface area contributed by atoms with Gasteiger partial charge in [0, 0.05) is 19.2 Å². The SMILES string of the molecule is Cc1ccc([N+](=O)[O-])cc1NC(=O)CSc1nnc(-c2ccccc2F)n1C. The van der Waals surface area contributed by atoms with Gasteiger partial charge in [-0.15, -0.1) is 10.2 Å². The van der Waals surface area contributed by atoms with Crippen molar-refractivity contribution in [1.29, 1.82) is 0 Å². The first-order valence-corrected chi connectivity index (χ1v) is 9.17. The van der Waals surface area contributed by atoms with E-state index in [9.17, 15) is 19.3 Å². The Morgan fingerprint density at radius 1 is 1.29 bits per heavy atom. The molecule has 0 aliphatic heterocycles. The molecule has 0 radical (unpaired) electrons. The predicted molar refractivity (Wildman–Crippen MR) is 104 cm³/mol. The fourth-order valence-electron chi connectivity index (χ4n) is 2.49. The number of benzene rings is 2. The van der Waals surface area contributed by atoms with Gasteiger partial charge in [-0.05, 0) is 24.6 Å². The first-order valence-electron chi connectivity index (χ1n) is 8.19. The molecule has 0 spiro atoms. The third kappa shape index (κ3) is 4.17. The number of hydrogen-bond donors (Lipinski definition) is 1. The fraction of sp³-hybridized carbons (Fsp3) is 0.167. The van der Waals surface area contributed by atoms with Gasteiger partial charge in [0.05, 0.1) is 21.9 Å². The number of carbonyl (C=O) groups excluding carboxylic acids is 1. The molecule has 0 fully saturated rings. The molecule has 0 unspecified atom stereocenters. The average molecular weight is 401 g/mol. The van der Waals surface area contributed by atoms with Crippen molar-refractivity contribution in [2.75, 3.05) is 11.1 Å². The maximum Gasteiger partial charge on any atom is 0.271 e. The van der Waals surface area contributed by atoms with Crippen molar-refractivity contribution in [3.8, 4) is 11.4 Å². The molecular formula is C18H16FN5O3S. The maximum atomic E-state index is 13.9. The van der Waals surface area contributed by atoms with Gasteiger partial charge in [-0.2, -0.15) is 0 Å². The number of amides is 1. The van der Waals surface area contributed by atoms with Crippen LogP contribution >= 0.6 is 11.8 Å². The minimum atomic E-state index is -0.520. The zero-order valence-electron chi connectivity index (χ0n) is 15.0. The quantitative estimate of drug-likeness (QED) is 0.385. The highest BCUT2D eigenvalue weighted by Crippen LogP contribution is 2.25. The van der Waals surface area contributed by atoms with Gasteiger partial charge in [0.1, 0.15) is 5.82 Å². The molecule has 1 heterocycles. The topological polar surface area (TPSA) is 103 Å². The number of thioether (sulfide) groups is 1. The predicted octanol–water partition coefficient (Wildman–Crippen LogP) is 3.57. The molecule has 10 heteroatoms. The van der Waals surface area contributed by atoms with Gasteiger partial charge in [0.15, 0.2) is 11.0 Å². The van der Waals surface area contributed by atoms with Crippen LogP contribution in [0.1, 0.15) is 5.56 Å². The number of nitro groups is 1. The summed E-state index contributed by atoms with van der Waals surface area (Å²) in [5.41, 5.74) is 1.31. The van der Waals surface area contributed by atoms with E-state index in [1.807, 2.05) is 0 Å². The second-order valence-electron chi connectivity index (χ2n) is 5.94. The van der Waals surface area contributed by atoms with Crippen molar-refractivity contribution in [2.24, 2.45) is 7.05 Å². The molecule has 0 saturated heterocycles. The Hall–Kier alpha value is -3.27. The van der Waals surface area contributed by atoms with Crippen LogP contribution in [0, 0.1) is 22.9 Å². The second-order valence-corrected chi connectivity index (χ2v) is 6.88. The molecule has 3 aromatic rings. The Morgan fingerprint density at radius 2 is 2.04 bits per heavy atom. The summed E-state index contributed by atoms with van der Waals surface area (Å²) >= 11 is 1.13. The van der Waals surface area contributed by atoms with E-state index in [0.717, 1.165) is 11.8 Å². The summed E-state index contributed by atoms with van der Waals surface area (Å²) in [7, 11) is 1.69. The molecule has 144 valence electrons. The summed E-state index contributed by atoms with van der Waals surface area (Å²) in [6.45, 7) is 1.75. The minimum absolute atomic E-state index is 0.0192. The first-order chi connectivity index (χ1) is 13.4. The number of nitro benzene ring substituents is 1. The lowest BCUT2D eigenvalue weighted by atomic mass is 10.2. The van der Waals surface area contributed by atoms with Crippen molar-refractivity contribution >= 4 is 29.0 Å². The highest BCUT2D eigenvalue weighted by molar-refractivity contribution is 7.99. The van der Waals surface area contributed by atoms with Crippen molar-refractivity contribution in [3.63, 3.8) is 0 Å². The molecular weight excluding hydrogens is 385 g/mol. The number of nitrogens with zero attached hydrogens (tertiary/aromatic N) is 4. The molecule has 1 aromatic heterocycles.